The van der Waals surface area contributed by atoms with Crippen molar-refractivity contribution in [2.75, 3.05) is 19.7 Å². The second-order valence-corrected chi connectivity index (χ2v) is 19.3. The Hall–Kier alpha value is -1.84. The van der Waals surface area contributed by atoms with E-state index in [1.54, 1.807) is 13.8 Å². The zero-order valence-electron chi connectivity index (χ0n) is 32.6. The van der Waals surface area contributed by atoms with E-state index in [1.165, 1.54) is 25.3 Å². The molecule has 4 aliphatic carbocycles. The van der Waals surface area contributed by atoms with Crippen LogP contribution >= 0.6 is 0 Å². The predicted molar refractivity (Wildman–Crippen MR) is 195 cm³/mol. The molecule has 1 aromatic carbocycles. The molecule has 7 rings (SSSR count). The molecule has 284 valence electrons. The van der Waals surface area contributed by atoms with Crippen molar-refractivity contribution in [1.82, 2.24) is 4.90 Å². The molecule has 4 saturated carbocycles. The lowest BCUT2D eigenvalue weighted by atomic mass is 9.49. The second-order valence-electron chi connectivity index (χ2n) is 19.3. The van der Waals surface area contributed by atoms with Crippen molar-refractivity contribution in [3.8, 4) is 0 Å². The molecular weight excluding hydrogens is 642 g/mol. The first-order valence-electron chi connectivity index (χ1n) is 20.1. The normalized spacial score (nSPS) is 41.3. The molecule has 11 atom stereocenters. The number of aliphatic hydroxyl groups is 1. The maximum absolute atomic E-state index is 15.0. The summed E-state index contributed by atoms with van der Waals surface area (Å²) < 4.78 is 25.6. The van der Waals surface area contributed by atoms with Crippen LogP contribution in [0.5, 0.6) is 0 Å². The van der Waals surface area contributed by atoms with Gasteiger partial charge in [0.1, 0.15) is 6.10 Å². The van der Waals surface area contributed by atoms with E-state index in [0.717, 1.165) is 58.2 Å². The lowest BCUT2D eigenvalue weighted by Crippen LogP contribution is -2.58. The summed E-state index contributed by atoms with van der Waals surface area (Å²) in [6.07, 6.45) is 7.46. The van der Waals surface area contributed by atoms with E-state index in [2.05, 4.69) is 69.9 Å². The fourth-order valence-electron chi connectivity index (χ4n) is 12.8. The van der Waals surface area contributed by atoms with Crippen molar-refractivity contribution < 1.29 is 33.6 Å². The van der Waals surface area contributed by atoms with Gasteiger partial charge in [0.05, 0.1) is 24.4 Å². The molecule has 0 bridgehead atoms. The number of morpholine rings is 1. The van der Waals surface area contributed by atoms with Gasteiger partial charge in [0.15, 0.2) is 18.2 Å². The number of Topliss-reactive ketones (excluding diaryl/α,β-unsaturated/α-hetero) is 1. The van der Waals surface area contributed by atoms with Crippen LogP contribution in [0.15, 0.2) is 30.3 Å². The number of carbonyl (C=O) groups is 2. The average Bonchev–Trinajstić information content (AvgIpc) is 3.72. The molecule has 2 heterocycles. The van der Waals surface area contributed by atoms with Crippen LogP contribution in [0.2, 0.25) is 0 Å². The monoisotopic (exact) mass is 707 g/mol. The molecule has 0 amide bonds. The minimum absolute atomic E-state index is 0.00598. The molecule has 1 aromatic rings. The number of carbonyl (C=O) groups excluding carboxylic acids is 2. The highest BCUT2D eigenvalue weighted by Gasteiger charge is 2.79. The summed E-state index contributed by atoms with van der Waals surface area (Å²) in [6, 6.07) is 10.7. The first kappa shape index (κ1) is 37.5. The molecule has 6 aliphatic rings. The summed E-state index contributed by atoms with van der Waals surface area (Å²) in [7, 11) is 0. The number of benzene rings is 1. The number of hydrogen-bond acceptors (Lipinski definition) is 8. The Labute approximate surface area is 306 Å². The van der Waals surface area contributed by atoms with E-state index in [-0.39, 0.29) is 46.3 Å². The molecule has 2 spiro atoms. The van der Waals surface area contributed by atoms with Crippen molar-refractivity contribution >= 4 is 11.8 Å². The Kier molecular flexibility index (Phi) is 9.90. The Morgan fingerprint density at radius 1 is 1.04 bits per heavy atom. The van der Waals surface area contributed by atoms with Gasteiger partial charge in [-0.3, -0.25) is 14.5 Å². The summed E-state index contributed by atoms with van der Waals surface area (Å²) >= 11 is 0. The molecule has 6 fully saturated rings. The summed E-state index contributed by atoms with van der Waals surface area (Å²) in [5.41, 5.74) is -0.102. The zero-order valence-corrected chi connectivity index (χ0v) is 32.6. The highest BCUT2D eigenvalue weighted by Crippen LogP contribution is 2.85. The maximum Gasteiger partial charge on any atom is 0.303 e. The van der Waals surface area contributed by atoms with Crippen LogP contribution in [0.1, 0.15) is 119 Å². The van der Waals surface area contributed by atoms with E-state index in [0.29, 0.717) is 24.9 Å². The molecule has 2 saturated heterocycles. The van der Waals surface area contributed by atoms with Crippen LogP contribution in [-0.2, 0) is 35.1 Å². The molecule has 0 radical (unpaired) electrons. The zero-order chi connectivity index (χ0) is 36.6. The van der Waals surface area contributed by atoms with Gasteiger partial charge in [-0.1, -0.05) is 71.4 Å². The number of esters is 1. The van der Waals surface area contributed by atoms with Gasteiger partial charge in [-0.2, -0.15) is 0 Å². The van der Waals surface area contributed by atoms with E-state index >= 15 is 0 Å². The van der Waals surface area contributed by atoms with Gasteiger partial charge in [0.25, 0.3) is 0 Å². The topological polar surface area (TPSA) is 94.5 Å². The molecule has 1 N–H and O–H groups in total. The number of ketones is 1. The number of hydrogen-bond donors (Lipinski definition) is 1. The van der Waals surface area contributed by atoms with Crippen molar-refractivity contribution in [3.05, 3.63) is 35.9 Å². The first-order chi connectivity index (χ1) is 24.0. The van der Waals surface area contributed by atoms with Crippen molar-refractivity contribution in [3.63, 3.8) is 0 Å². The molecule has 51 heavy (non-hydrogen) atoms. The molecule has 8 unspecified atom stereocenters. The van der Waals surface area contributed by atoms with Crippen LogP contribution in [0.3, 0.4) is 0 Å². The number of fused-ring (bicyclic) bond motifs is 1. The molecule has 8 heteroatoms. The third kappa shape index (κ3) is 6.55. The summed E-state index contributed by atoms with van der Waals surface area (Å²) in [5.74, 6) is 0.940. The number of rotatable bonds is 7. The largest absolute Gasteiger partial charge is 0.457 e. The summed E-state index contributed by atoms with van der Waals surface area (Å²) in [5, 5.41) is 11.0. The third-order valence-electron chi connectivity index (χ3n) is 15.1. The minimum Gasteiger partial charge on any atom is -0.457 e. The van der Waals surface area contributed by atoms with Gasteiger partial charge in [0, 0.05) is 32.0 Å². The molecular formula is C43H65NO7. The van der Waals surface area contributed by atoms with Crippen LogP contribution in [0.4, 0.5) is 0 Å². The molecule has 8 nitrogen and oxygen atoms in total. The fraction of sp³-hybridized carbons (Fsp3) is 0.814. The Morgan fingerprint density at radius 3 is 2.45 bits per heavy atom. The minimum atomic E-state index is -1.29. The Bertz CT molecular complexity index is 1440. The third-order valence-corrected chi connectivity index (χ3v) is 15.1. The van der Waals surface area contributed by atoms with E-state index < -0.39 is 35.3 Å². The predicted octanol–water partition coefficient (Wildman–Crippen LogP) is 7.34. The standard InChI is InChI=1S/C43H65NO7/c1-27-23-31(38(41(7,8)47)49-28(2)45)50-36-30(27)15-12-19-42-26-43(42)20-18-34(39(3,4)32(43)16-17-33(42)40(5,6)37(36)46)51-35-25-44(21-22-48-35)24-29-13-10-9-11-14-29/h9-11,13-14,27,30-36,38,47H,12,15-26H2,1-8H3/t27-,30+,31?,32+,33?,34?,35?,36?,38?,42?,43?/m1/s1. The van der Waals surface area contributed by atoms with Gasteiger partial charge in [0.2, 0.25) is 0 Å². The maximum atomic E-state index is 15.0. The molecule has 2 aliphatic heterocycles. The quantitative estimate of drug-likeness (QED) is 0.294. The van der Waals surface area contributed by atoms with Crippen LogP contribution in [0.25, 0.3) is 0 Å². The lowest BCUT2D eigenvalue weighted by molar-refractivity contribution is -0.245. The second kappa shape index (κ2) is 13.5. The average molecular weight is 708 g/mol. The number of nitrogens with zero attached hydrogens (tertiary/aromatic N) is 1. The van der Waals surface area contributed by atoms with E-state index in [1.807, 2.05) is 0 Å². The fourth-order valence-corrected chi connectivity index (χ4v) is 12.8. The van der Waals surface area contributed by atoms with Gasteiger partial charge >= 0.3 is 5.97 Å². The van der Waals surface area contributed by atoms with E-state index in [9.17, 15) is 14.7 Å². The smallest absolute Gasteiger partial charge is 0.303 e. The highest BCUT2D eigenvalue weighted by atomic mass is 16.7. The molecule has 0 aromatic heterocycles. The van der Waals surface area contributed by atoms with E-state index in [4.69, 9.17) is 18.9 Å². The Morgan fingerprint density at radius 2 is 1.75 bits per heavy atom. The lowest BCUT2D eigenvalue weighted by Gasteiger charge is -2.57. The van der Waals surface area contributed by atoms with Crippen molar-refractivity contribution in [2.45, 2.75) is 156 Å². The summed E-state index contributed by atoms with van der Waals surface area (Å²) in [4.78, 5) is 29.5. The highest BCUT2D eigenvalue weighted by molar-refractivity contribution is 5.89. The first-order valence-corrected chi connectivity index (χ1v) is 20.1. The number of ether oxygens (including phenoxy) is 4. The van der Waals surface area contributed by atoms with Crippen LogP contribution in [0, 0.1) is 45.3 Å². The van der Waals surface area contributed by atoms with Gasteiger partial charge in [-0.05, 0) is 111 Å². The summed E-state index contributed by atoms with van der Waals surface area (Å²) in [6.45, 7) is 19.6. The van der Waals surface area contributed by atoms with Crippen molar-refractivity contribution in [1.29, 1.82) is 0 Å². The van der Waals surface area contributed by atoms with Crippen LogP contribution in [-0.4, -0.2) is 77.8 Å². The van der Waals surface area contributed by atoms with Gasteiger partial charge in [-0.25, -0.2) is 0 Å². The van der Waals surface area contributed by atoms with Gasteiger partial charge < -0.3 is 24.1 Å². The van der Waals surface area contributed by atoms with Gasteiger partial charge in [-0.15, -0.1) is 0 Å². The Balaban J connectivity index is 1.08. The van der Waals surface area contributed by atoms with Crippen molar-refractivity contribution in [2.24, 2.45) is 45.3 Å². The SMILES string of the molecule is CC(=O)OC(C1C[C@@H](C)[C@@H]2CCCC34CC35CCC(OC3CN(Cc6ccccc6)CCO3)C(C)(C)[C@@H]5CCC4C(C)(C)C(=O)C2O1)C(C)(C)O. The van der Waals surface area contributed by atoms with Crippen LogP contribution < -0.4 is 0 Å².